The molecule has 3 saturated heterocycles. The molecule has 4 aliphatic heterocycles. The normalized spacial score (nSPS) is 27.1. The average Bonchev–Trinajstić information content (AvgIpc) is 2.99. The van der Waals surface area contributed by atoms with Crippen molar-refractivity contribution in [1.29, 1.82) is 0 Å². The van der Waals surface area contributed by atoms with Crippen molar-refractivity contribution in [2.75, 3.05) is 19.0 Å². The Kier molecular flexibility index (Phi) is 4.74. The molecule has 2 aromatic rings. The number of benzene rings is 2. The van der Waals surface area contributed by atoms with Gasteiger partial charge in [0.25, 0.3) is 0 Å². The summed E-state index contributed by atoms with van der Waals surface area (Å²) < 4.78 is 5.59. The third-order valence-corrected chi connectivity index (χ3v) is 6.83. The molecule has 3 fully saturated rings. The van der Waals surface area contributed by atoms with E-state index in [4.69, 9.17) is 4.74 Å². The Balaban J connectivity index is 1.51. The minimum atomic E-state index is -0.416. The number of nitrogens with one attached hydrogen (secondary N) is 2. The predicted molar refractivity (Wildman–Crippen MR) is 114 cm³/mol. The van der Waals surface area contributed by atoms with Gasteiger partial charge in [-0.25, -0.2) is 0 Å². The fourth-order valence-electron chi connectivity index (χ4n) is 5.38. The van der Waals surface area contributed by atoms with E-state index in [1.54, 1.807) is 7.11 Å². The van der Waals surface area contributed by atoms with E-state index in [0.29, 0.717) is 6.54 Å². The van der Waals surface area contributed by atoms with Crippen LogP contribution in [-0.2, 0) is 16.0 Å². The number of methoxy groups -OCH3 is 1. The highest BCUT2D eigenvalue weighted by Gasteiger charge is 2.51. The van der Waals surface area contributed by atoms with Crippen molar-refractivity contribution in [3.8, 4) is 5.75 Å². The molecule has 6 rings (SSSR count). The number of rotatable bonds is 3. The van der Waals surface area contributed by atoms with Crippen LogP contribution < -0.4 is 15.4 Å². The van der Waals surface area contributed by atoms with Crippen LogP contribution in [0.3, 0.4) is 0 Å². The minimum absolute atomic E-state index is 0.0179. The molecule has 4 unspecified atom stereocenters. The van der Waals surface area contributed by atoms with Gasteiger partial charge in [0.15, 0.2) is 0 Å². The first-order valence-electron chi connectivity index (χ1n) is 10.7. The maximum atomic E-state index is 13.3. The van der Waals surface area contributed by atoms with Gasteiger partial charge in [0.05, 0.1) is 25.2 Å². The molecule has 2 bridgehead atoms. The molecular weight excluding hydrogens is 378 g/mol. The van der Waals surface area contributed by atoms with E-state index < -0.39 is 6.04 Å². The third-order valence-electron chi connectivity index (χ3n) is 6.83. The zero-order valence-electron chi connectivity index (χ0n) is 17.4. The maximum absolute atomic E-state index is 13.3. The molecule has 0 aromatic heterocycles. The summed E-state index contributed by atoms with van der Waals surface area (Å²) >= 11 is 0. The zero-order valence-corrected chi connectivity index (χ0v) is 17.4. The molecule has 0 aliphatic carbocycles. The lowest BCUT2D eigenvalue weighted by molar-refractivity contribution is -0.135. The topological polar surface area (TPSA) is 70.7 Å². The van der Waals surface area contributed by atoms with Crippen molar-refractivity contribution in [2.24, 2.45) is 5.92 Å². The van der Waals surface area contributed by atoms with E-state index in [1.807, 2.05) is 48.2 Å². The number of fused-ring (bicyclic) bond motifs is 3. The molecule has 6 nitrogen and oxygen atoms in total. The Morgan fingerprint density at radius 3 is 2.73 bits per heavy atom. The van der Waals surface area contributed by atoms with Gasteiger partial charge in [-0.3, -0.25) is 14.9 Å². The lowest BCUT2D eigenvalue weighted by Gasteiger charge is -2.41. The fraction of sp³-hybridized carbons (Fsp3) is 0.417. The van der Waals surface area contributed by atoms with Crippen molar-refractivity contribution in [2.45, 2.75) is 44.3 Å². The van der Waals surface area contributed by atoms with Gasteiger partial charge in [0, 0.05) is 23.7 Å². The Labute approximate surface area is 176 Å². The van der Waals surface area contributed by atoms with Crippen LogP contribution in [0.15, 0.2) is 42.5 Å². The number of piperidine rings is 1. The SMILES string of the molecule is COc1cccc2c1CCN1C(=O)C3CCC(C(C(=O)Nc4ccc(C)cc4)N3)C21. The van der Waals surface area contributed by atoms with Crippen molar-refractivity contribution in [3.63, 3.8) is 0 Å². The second-order valence-electron chi connectivity index (χ2n) is 8.55. The van der Waals surface area contributed by atoms with Crippen molar-refractivity contribution >= 4 is 17.5 Å². The molecule has 0 radical (unpaired) electrons. The molecule has 4 aliphatic rings. The number of hydrogen-bond acceptors (Lipinski definition) is 4. The van der Waals surface area contributed by atoms with Crippen molar-refractivity contribution in [1.82, 2.24) is 10.2 Å². The van der Waals surface area contributed by atoms with Crippen LogP contribution in [-0.4, -0.2) is 42.5 Å². The second-order valence-corrected chi connectivity index (χ2v) is 8.55. The molecule has 4 heterocycles. The molecule has 4 atom stereocenters. The Bertz CT molecular complexity index is 988. The molecule has 2 N–H and O–H groups in total. The molecule has 0 spiro atoms. The predicted octanol–water partition coefficient (Wildman–Crippen LogP) is 2.82. The highest BCUT2D eigenvalue weighted by Crippen LogP contribution is 2.46. The first kappa shape index (κ1) is 19.1. The van der Waals surface area contributed by atoms with Crippen molar-refractivity contribution in [3.05, 3.63) is 59.2 Å². The molecule has 2 aromatic carbocycles. The molecular formula is C24H27N3O3. The van der Waals surface area contributed by atoms with Crippen LogP contribution in [0.2, 0.25) is 0 Å². The molecule has 2 amide bonds. The number of nitrogens with zero attached hydrogens (tertiary/aromatic N) is 1. The number of aryl methyl sites for hydroxylation is 1. The van der Waals surface area contributed by atoms with Crippen LogP contribution in [0.25, 0.3) is 0 Å². The molecule has 0 saturated carbocycles. The summed E-state index contributed by atoms with van der Waals surface area (Å²) in [6, 6.07) is 13.0. The summed E-state index contributed by atoms with van der Waals surface area (Å²) in [5.74, 6) is 0.927. The van der Waals surface area contributed by atoms with Crippen LogP contribution in [0.5, 0.6) is 5.75 Å². The van der Waals surface area contributed by atoms with Crippen molar-refractivity contribution < 1.29 is 14.3 Å². The lowest BCUT2D eigenvalue weighted by atomic mass is 9.77. The summed E-state index contributed by atoms with van der Waals surface area (Å²) in [5, 5.41) is 6.43. The van der Waals surface area contributed by atoms with Gasteiger partial charge in [-0.2, -0.15) is 0 Å². The highest BCUT2D eigenvalue weighted by atomic mass is 16.5. The van der Waals surface area contributed by atoms with Gasteiger partial charge in [-0.15, -0.1) is 0 Å². The van der Waals surface area contributed by atoms with E-state index >= 15 is 0 Å². The summed E-state index contributed by atoms with van der Waals surface area (Å²) in [4.78, 5) is 28.5. The fourth-order valence-corrected chi connectivity index (χ4v) is 5.38. The van der Waals surface area contributed by atoms with E-state index in [2.05, 4.69) is 16.7 Å². The van der Waals surface area contributed by atoms with Crippen LogP contribution >= 0.6 is 0 Å². The van der Waals surface area contributed by atoms with Gasteiger partial charge in [-0.1, -0.05) is 29.8 Å². The number of carbonyl (C=O) groups is 2. The van der Waals surface area contributed by atoms with Gasteiger partial charge in [-0.05, 0) is 49.9 Å². The number of ether oxygens (including phenoxy) is 1. The van der Waals surface area contributed by atoms with Gasteiger partial charge in [0.2, 0.25) is 11.8 Å². The number of carbonyl (C=O) groups excluding carboxylic acids is 2. The zero-order chi connectivity index (χ0) is 20.8. The number of hydrogen-bond donors (Lipinski definition) is 2. The Morgan fingerprint density at radius 1 is 1.17 bits per heavy atom. The summed E-state index contributed by atoms with van der Waals surface area (Å²) in [6.07, 6.45) is 2.39. The van der Waals surface area contributed by atoms with Gasteiger partial charge in [0.1, 0.15) is 5.75 Å². The largest absolute Gasteiger partial charge is 0.496 e. The van der Waals surface area contributed by atoms with E-state index in [1.165, 1.54) is 0 Å². The highest BCUT2D eigenvalue weighted by molar-refractivity contribution is 5.96. The number of amides is 2. The lowest BCUT2D eigenvalue weighted by Crippen LogP contribution is -2.54. The maximum Gasteiger partial charge on any atom is 0.241 e. The first-order chi connectivity index (χ1) is 14.6. The second kappa shape index (κ2) is 7.43. The Hall–Kier alpha value is -2.86. The summed E-state index contributed by atoms with van der Waals surface area (Å²) in [6.45, 7) is 2.68. The molecule has 156 valence electrons. The van der Waals surface area contributed by atoms with Crippen LogP contribution in [0, 0.1) is 12.8 Å². The van der Waals surface area contributed by atoms with E-state index in [0.717, 1.165) is 47.4 Å². The van der Waals surface area contributed by atoms with Crippen LogP contribution in [0.4, 0.5) is 5.69 Å². The molecule has 6 heteroatoms. The Morgan fingerprint density at radius 2 is 1.97 bits per heavy atom. The van der Waals surface area contributed by atoms with Gasteiger partial charge < -0.3 is 15.0 Å². The first-order valence-corrected chi connectivity index (χ1v) is 10.7. The van der Waals surface area contributed by atoms with E-state index in [-0.39, 0.29) is 29.8 Å². The molecule has 30 heavy (non-hydrogen) atoms. The minimum Gasteiger partial charge on any atom is -0.496 e. The summed E-state index contributed by atoms with van der Waals surface area (Å²) in [7, 11) is 1.69. The van der Waals surface area contributed by atoms with Gasteiger partial charge >= 0.3 is 0 Å². The average molecular weight is 405 g/mol. The van der Waals surface area contributed by atoms with Crippen LogP contribution in [0.1, 0.15) is 35.6 Å². The summed E-state index contributed by atoms with van der Waals surface area (Å²) in [5.41, 5.74) is 4.21. The number of anilines is 1. The standard InChI is InChI=1S/C24H27N3O3/c1-14-6-8-15(9-7-14)25-23(28)21-18-10-11-19(26-21)24(29)27-13-12-16-17(22(18)27)4-3-5-20(16)30-2/h3-9,18-19,21-22,26H,10-13H2,1-2H3,(H,25,28). The quantitative estimate of drug-likeness (QED) is 0.824. The smallest absolute Gasteiger partial charge is 0.241 e. The third kappa shape index (κ3) is 3.06. The van der Waals surface area contributed by atoms with E-state index in [9.17, 15) is 9.59 Å². The monoisotopic (exact) mass is 405 g/mol.